The fourth-order valence-corrected chi connectivity index (χ4v) is 3.93. The van der Waals surface area contributed by atoms with E-state index in [0.717, 1.165) is 12.0 Å². The first kappa shape index (κ1) is 9.80. The molecule has 0 aromatic heterocycles. The third-order valence-corrected chi connectivity index (χ3v) is 4.67. The van der Waals surface area contributed by atoms with Gasteiger partial charge in [-0.1, -0.05) is 30.7 Å². The van der Waals surface area contributed by atoms with Crippen molar-refractivity contribution in [2.45, 2.75) is 31.3 Å². The number of hydrogen-bond acceptors (Lipinski definition) is 3. The van der Waals surface area contributed by atoms with Crippen LogP contribution in [-0.4, -0.2) is 11.8 Å². The van der Waals surface area contributed by atoms with E-state index in [1.165, 1.54) is 18.4 Å². The molecule has 1 aliphatic heterocycles. The summed E-state index contributed by atoms with van der Waals surface area (Å²) in [6.07, 6.45) is 3.43. The van der Waals surface area contributed by atoms with E-state index >= 15 is 0 Å². The maximum absolute atomic E-state index is 12.5. The maximum Gasteiger partial charge on any atom is 0.166 e. The molecule has 2 fully saturated rings. The second-order valence-electron chi connectivity index (χ2n) is 5.44. The number of hydrogen-bond donors (Lipinski definition) is 2. The zero-order chi connectivity index (χ0) is 11.4. The summed E-state index contributed by atoms with van der Waals surface area (Å²) in [5, 5.41) is 0. The Kier molecular flexibility index (Phi) is 1.96. The van der Waals surface area contributed by atoms with Crippen LogP contribution in [0.5, 0.6) is 0 Å². The lowest BCUT2D eigenvalue weighted by Gasteiger charge is -2.39. The number of nitrogens with one attached hydrogen (secondary N) is 2. The van der Waals surface area contributed by atoms with Gasteiger partial charge in [-0.2, -0.15) is 0 Å². The molecule has 3 heteroatoms. The molecule has 3 aliphatic rings. The summed E-state index contributed by atoms with van der Waals surface area (Å²) < 4.78 is 0. The molecule has 1 saturated carbocycles. The van der Waals surface area contributed by atoms with Gasteiger partial charge in [0.25, 0.3) is 0 Å². The smallest absolute Gasteiger partial charge is 0.166 e. The minimum absolute atomic E-state index is 0.233. The van der Waals surface area contributed by atoms with Crippen molar-refractivity contribution < 1.29 is 4.79 Å². The fraction of sp³-hybridized carbons (Fsp3) is 0.500. The average Bonchev–Trinajstić information content (AvgIpc) is 2.81. The normalized spacial score (nSPS) is 38.7. The second-order valence-corrected chi connectivity index (χ2v) is 5.44. The molecular weight excluding hydrogens is 212 g/mol. The minimum Gasteiger partial charge on any atom is -0.294 e. The van der Waals surface area contributed by atoms with Gasteiger partial charge >= 0.3 is 0 Å². The predicted octanol–water partition coefficient (Wildman–Crippen LogP) is 1.82. The first-order valence-electron chi connectivity index (χ1n) is 6.50. The molecule has 17 heavy (non-hydrogen) atoms. The molecule has 2 aliphatic carbocycles. The highest BCUT2D eigenvalue weighted by molar-refractivity contribution is 6.01. The van der Waals surface area contributed by atoms with Gasteiger partial charge in [0.15, 0.2) is 5.78 Å². The molecule has 4 unspecified atom stereocenters. The molecule has 88 valence electrons. The summed E-state index contributed by atoms with van der Waals surface area (Å²) in [5.74, 6) is 1.07. The van der Waals surface area contributed by atoms with E-state index in [-0.39, 0.29) is 5.92 Å². The Balaban J connectivity index is 1.89. The van der Waals surface area contributed by atoms with Crippen LogP contribution in [0.4, 0.5) is 0 Å². The topological polar surface area (TPSA) is 41.1 Å². The van der Waals surface area contributed by atoms with Crippen LogP contribution in [0.25, 0.3) is 0 Å². The summed E-state index contributed by atoms with van der Waals surface area (Å²) in [4.78, 5) is 12.5. The van der Waals surface area contributed by atoms with Gasteiger partial charge < -0.3 is 0 Å². The highest BCUT2D eigenvalue weighted by Gasteiger charge is 2.50. The van der Waals surface area contributed by atoms with Gasteiger partial charge in [0.2, 0.25) is 0 Å². The van der Waals surface area contributed by atoms with Crippen LogP contribution in [0.15, 0.2) is 24.3 Å². The SMILES string of the molecule is O=C1c2ccccc2C2NNC3CCCC1C32. The highest BCUT2D eigenvalue weighted by Crippen LogP contribution is 2.47. The van der Waals surface area contributed by atoms with Gasteiger partial charge in [-0.15, -0.1) is 0 Å². The Morgan fingerprint density at radius 3 is 2.94 bits per heavy atom. The number of carbonyl (C=O) groups is 1. The Morgan fingerprint density at radius 2 is 2.00 bits per heavy atom. The van der Waals surface area contributed by atoms with Crippen molar-refractivity contribution in [2.24, 2.45) is 11.8 Å². The quantitative estimate of drug-likeness (QED) is 0.711. The maximum atomic E-state index is 12.5. The highest BCUT2D eigenvalue weighted by atomic mass is 16.1. The van der Waals surface area contributed by atoms with Gasteiger partial charge in [-0.3, -0.25) is 10.2 Å². The van der Waals surface area contributed by atoms with Gasteiger partial charge in [0.05, 0.1) is 6.04 Å². The monoisotopic (exact) mass is 228 g/mol. The standard InChI is InChI=1S/C14H16N2O/c17-14-9-5-2-1-4-8(9)13-12-10(14)6-3-7-11(12)15-16-13/h1-2,4-5,10-13,15-16H,3,6-7H2. The van der Waals surface area contributed by atoms with Crippen LogP contribution in [0.3, 0.4) is 0 Å². The Labute approximate surface area is 101 Å². The molecular formula is C14H16N2O. The van der Waals surface area contributed by atoms with Crippen LogP contribution >= 0.6 is 0 Å². The summed E-state index contributed by atoms with van der Waals surface area (Å²) in [5.41, 5.74) is 8.92. The average molecular weight is 228 g/mol. The van der Waals surface area contributed by atoms with E-state index in [1.54, 1.807) is 0 Å². The van der Waals surface area contributed by atoms with E-state index in [2.05, 4.69) is 16.9 Å². The van der Waals surface area contributed by atoms with Crippen molar-refractivity contribution in [1.82, 2.24) is 10.9 Å². The first-order chi connectivity index (χ1) is 8.36. The molecule has 0 radical (unpaired) electrons. The number of carbonyl (C=O) groups excluding carboxylic acids is 1. The van der Waals surface area contributed by atoms with E-state index in [9.17, 15) is 4.79 Å². The molecule has 0 spiro atoms. The van der Waals surface area contributed by atoms with E-state index in [4.69, 9.17) is 0 Å². The van der Waals surface area contributed by atoms with Gasteiger partial charge in [-0.25, -0.2) is 5.43 Å². The van der Waals surface area contributed by atoms with E-state index < -0.39 is 0 Å². The number of hydrazine groups is 1. The lowest BCUT2D eigenvalue weighted by molar-refractivity contribution is 0.0770. The van der Waals surface area contributed by atoms with Crippen molar-refractivity contribution in [2.75, 3.05) is 0 Å². The van der Waals surface area contributed by atoms with Crippen molar-refractivity contribution in [3.8, 4) is 0 Å². The van der Waals surface area contributed by atoms with Crippen LogP contribution < -0.4 is 10.9 Å². The summed E-state index contributed by atoms with van der Waals surface area (Å²) in [7, 11) is 0. The van der Waals surface area contributed by atoms with Crippen molar-refractivity contribution in [3.63, 3.8) is 0 Å². The third-order valence-electron chi connectivity index (χ3n) is 4.67. The third kappa shape index (κ3) is 1.21. The lowest BCUT2D eigenvalue weighted by atomic mass is 9.65. The van der Waals surface area contributed by atoms with E-state index in [0.29, 0.717) is 23.8 Å². The first-order valence-corrected chi connectivity index (χ1v) is 6.50. The molecule has 1 aromatic carbocycles. The number of ketones is 1. The molecule has 4 rings (SSSR count). The molecule has 0 amide bonds. The number of benzene rings is 1. The van der Waals surface area contributed by atoms with Crippen LogP contribution in [0.2, 0.25) is 0 Å². The molecule has 0 bridgehead atoms. The molecule has 1 heterocycles. The molecule has 2 N–H and O–H groups in total. The molecule has 4 atom stereocenters. The Morgan fingerprint density at radius 1 is 1.12 bits per heavy atom. The minimum atomic E-state index is 0.233. The number of Topliss-reactive ketones (excluding diaryl/α,β-unsaturated/α-hetero) is 1. The van der Waals surface area contributed by atoms with Gasteiger partial charge in [-0.05, 0) is 18.4 Å². The Bertz CT molecular complexity index is 485. The van der Waals surface area contributed by atoms with Gasteiger partial charge in [0.1, 0.15) is 0 Å². The van der Waals surface area contributed by atoms with Crippen molar-refractivity contribution in [3.05, 3.63) is 35.4 Å². The van der Waals surface area contributed by atoms with Crippen molar-refractivity contribution >= 4 is 5.78 Å². The van der Waals surface area contributed by atoms with Gasteiger partial charge in [0, 0.05) is 23.4 Å². The zero-order valence-corrected chi connectivity index (χ0v) is 9.65. The van der Waals surface area contributed by atoms with Crippen LogP contribution in [0, 0.1) is 11.8 Å². The lowest BCUT2D eigenvalue weighted by Crippen LogP contribution is -2.42. The van der Waals surface area contributed by atoms with Crippen LogP contribution in [-0.2, 0) is 0 Å². The largest absolute Gasteiger partial charge is 0.294 e. The number of fused-ring (bicyclic) bond motifs is 2. The fourth-order valence-electron chi connectivity index (χ4n) is 3.93. The predicted molar refractivity (Wildman–Crippen MR) is 64.4 cm³/mol. The zero-order valence-electron chi connectivity index (χ0n) is 9.65. The van der Waals surface area contributed by atoms with E-state index in [1.807, 2.05) is 18.2 Å². The molecule has 1 aromatic rings. The molecule has 3 nitrogen and oxygen atoms in total. The summed E-state index contributed by atoms with van der Waals surface area (Å²) in [6.45, 7) is 0. The summed E-state index contributed by atoms with van der Waals surface area (Å²) >= 11 is 0. The van der Waals surface area contributed by atoms with Crippen molar-refractivity contribution in [1.29, 1.82) is 0 Å². The van der Waals surface area contributed by atoms with Crippen LogP contribution in [0.1, 0.15) is 41.2 Å². The Hall–Kier alpha value is -1.19. The second kappa shape index (κ2) is 3.40. The molecule has 1 saturated heterocycles. The number of rotatable bonds is 0. The summed E-state index contributed by atoms with van der Waals surface area (Å²) in [6, 6.07) is 8.90.